The average molecular weight is 255 g/mol. The van der Waals surface area contributed by atoms with Gasteiger partial charge in [-0.25, -0.2) is 8.78 Å². The summed E-state index contributed by atoms with van der Waals surface area (Å²) in [7, 11) is 0. The van der Waals surface area contributed by atoms with Gasteiger partial charge < -0.3 is 5.32 Å². The van der Waals surface area contributed by atoms with E-state index in [9.17, 15) is 8.78 Å². The standard InChI is InChI=1S/C15H23F2N/c1-6-18-12(9-15(3,4)5)11-8-7-10(2)13(16)14(11)17/h7-8,12,18H,6,9H2,1-5H3. The van der Waals surface area contributed by atoms with Crippen LogP contribution in [0, 0.1) is 24.0 Å². The van der Waals surface area contributed by atoms with Crippen LogP contribution in [-0.4, -0.2) is 6.54 Å². The molecule has 0 radical (unpaired) electrons. The molecule has 0 saturated carbocycles. The molecule has 1 atom stereocenters. The first-order chi connectivity index (χ1) is 8.26. The topological polar surface area (TPSA) is 12.0 Å². The highest BCUT2D eigenvalue weighted by Crippen LogP contribution is 2.31. The van der Waals surface area contributed by atoms with Crippen LogP contribution in [0.3, 0.4) is 0 Å². The number of hydrogen-bond donors (Lipinski definition) is 1. The fraction of sp³-hybridized carbons (Fsp3) is 0.600. The summed E-state index contributed by atoms with van der Waals surface area (Å²) in [5.41, 5.74) is 0.831. The van der Waals surface area contributed by atoms with Gasteiger partial charge in [0.25, 0.3) is 0 Å². The van der Waals surface area contributed by atoms with Crippen LogP contribution in [0.25, 0.3) is 0 Å². The second-order valence-corrected chi connectivity index (χ2v) is 5.97. The maximum absolute atomic E-state index is 14.0. The molecule has 0 spiro atoms. The van der Waals surface area contributed by atoms with Gasteiger partial charge in [-0.15, -0.1) is 0 Å². The fourth-order valence-electron chi connectivity index (χ4n) is 2.08. The van der Waals surface area contributed by atoms with E-state index in [0.29, 0.717) is 11.1 Å². The van der Waals surface area contributed by atoms with Crippen LogP contribution >= 0.6 is 0 Å². The highest BCUT2D eigenvalue weighted by atomic mass is 19.2. The number of aryl methyl sites for hydroxylation is 1. The molecule has 0 aliphatic carbocycles. The third-order valence-electron chi connectivity index (χ3n) is 2.95. The van der Waals surface area contributed by atoms with Crippen molar-refractivity contribution in [3.05, 3.63) is 34.9 Å². The van der Waals surface area contributed by atoms with E-state index in [2.05, 4.69) is 26.1 Å². The molecule has 0 amide bonds. The lowest BCUT2D eigenvalue weighted by Gasteiger charge is -2.27. The first-order valence-electron chi connectivity index (χ1n) is 6.44. The minimum Gasteiger partial charge on any atom is -0.310 e. The number of rotatable bonds is 4. The Bertz CT molecular complexity index is 408. The van der Waals surface area contributed by atoms with Gasteiger partial charge in [0.15, 0.2) is 11.6 Å². The zero-order valence-electron chi connectivity index (χ0n) is 11.9. The Balaban J connectivity index is 3.10. The summed E-state index contributed by atoms with van der Waals surface area (Å²) in [6.07, 6.45) is 0.764. The monoisotopic (exact) mass is 255 g/mol. The molecule has 0 heterocycles. The van der Waals surface area contributed by atoms with Gasteiger partial charge in [0.05, 0.1) is 0 Å². The molecule has 18 heavy (non-hydrogen) atoms. The molecule has 0 saturated heterocycles. The third-order valence-corrected chi connectivity index (χ3v) is 2.95. The van der Waals surface area contributed by atoms with E-state index in [4.69, 9.17) is 0 Å². The fourth-order valence-corrected chi connectivity index (χ4v) is 2.08. The first kappa shape index (κ1) is 15.1. The molecule has 0 aliphatic heterocycles. The maximum atomic E-state index is 14.0. The minimum atomic E-state index is -0.732. The van der Waals surface area contributed by atoms with Crippen LogP contribution in [0.4, 0.5) is 8.78 Å². The smallest absolute Gasteiger partial charge is 0.163 e. The van der Waals surface area contributed by atoms with Crippen molar-refractivity contribution in [2.24, 2.45) is 5.41 Å². The van der Waals surface area contributed by atoms with E-state index in [0.717, 1.165) is 13.0 Å². The normalized spacial score (nSPS) is 13.7. The Morgan fingerprint density at radius 2 is 1.78 bits per heavy atom. The van der Waals surface area contributed by atoms with Gasteiger partial charge in [0.2, 0.25) is 0 Å². The second kappa shape index (κ2) is 5.79. The summed E-state index contributed by atoms with van der Waals surface area (Å²) < 4.78 is 27.6. The molecule has 1 aromatic rings. The quantitative estimate of drug-likeness (QED) is 0.843. The summed E-state index contributed by atoms with van der Waals surface area (Å²) in [6.45, 7) is 10.6. The van der Waals surface area contributed by atoms with Crippen molar-refractivity contribution in [1.82, 2.24) is 5.32 Å². The Labute approximate surface area is 109 Å². The van der Waals surface area contributed by atoms with Crippen LogP contribution in [0.2, 0.25) is 0 Å². The second-order valence-electron chi connectivity index (χ2n) is 5.97. The van der Waals surface area contributed by atoms with E-state index in [-0.39, 0.29) is 11.5 Å². The molecule has 1 unspecified atom stereocenters. The van der Waals surface area contributed by atoms with Gasteiger partial charge >= 0.3 is 0 Å². The zero-order valence-corrected chi connectivity index (χ0v) is 11.9. The van der Waals surface area contributed by atoms with Gasteiger partial charge in [-0.05, 0) is 30.9 Å². The Hall–Kier alpha value is -0.960. The lowest BCUT2D eigenvalue weighted by molar-refractivity contribution is 0.307. The molecular weight excluding hydrogens is 232 g/mol. The molecule has 1 rings (SSSR count). The van der Waals surface area contributed by atoms with Gasteiger partial charge in [-0.1, -0.05) is 39.8 Å². The Morgan fingerprint density at radius 1 is 1.17 bits per heavy atom. The zero-order chi connectivity index (χ0) is 13.9. The van der Waals surface area contributed by atoms with Gasteiger partial charge in [0, 0.05) is 11.6 Å². The predicted octanol–water partition coefficient (Wildman–Crippen LogP) is 4.36. The molecule has 0 fully saturated rings. The molecule has 0 aromatic heterocycles. The van der Waals surface area contributed by atoms with E-state index >= 15 is 0 Å². The van der Waals surface area contributed by atoms with Crippen molar-refractivity contribution in [3.63, 3.8) is 0 Å². The molecule has 3 heteroatoms. The van der Waals surface area contributed by atoms with Crippen LogP contribution in [0.1, 0.15) is 51.3 Å². The number of hydrogen-bond acceptors (Lipinski definition) is 1. The summed E-state index contributed by atoms with van der Waals surface area (Å²) in [5.74, 6) is -1.45. The van der Waals surface area contributed by atoms with Crippen molar-refractivity contribution in [2.75, 3.05) is 6.54 Å². The summed E-state index contributed by atoms with van der Waals surface area (Å²) in [5, 5.41) is 3.24. The first-order valence-corrected chi connectivity index (χ1v) is 6.44. The van der Waals surface area contributed by atoms with E-state index in [1.807, 2.05) is 6.92 Å². The van der Waals surface area contributed by atoms with Crippen molar-refractivity contribution in [3.8, 4) is 0 Å². The molecule has 1 nitrogen and oxygen atoms in total. The largest absolute Gasteiger partial charge is 0.310 e. The van der Waals surface area contributed by atoms with Crippen molar-refractivity contribution >= 4 is 0 Å². The minimum absolute atomic E-state index is 0.0562. The van der Waals surface area contributed by atoms with Crippen molar-refractivity contribution < 1.29 is 8.78 Å². The van der Waals surface area contributed by atoms with E-state index in [1.165, 1.54) is 0 Å². The lowest BCUT2D eigenvalue weighted by atomic mass is 9.85. The van der Waals surface area contributed by atoms with Crippen LogP contribution in [-0.2, 0) is 0 Å². The highest BCUT2D eigenvalue weighted by molar-refractivity contribution is 5.28. The molecule has 0 bridgehead atoms. The molecule has 1 N–H and O–H groups in total. The molecular formula is C15H23F2N. The molecule has 1 aromatic carbocycles. The van der Waals surface area contributed by atoms with Gasteiger partial charge in [-0.3, -0.25) is 0 Å². The Kier molecular flexibility index (Phi) is 4.85. The van der Waals surface area contributed by atoms with Crippen molar-refractivity contribution in [1.29, 1.82) is 0 Å². The summed E-state index contributed by atoms with van der Waals surface area (Å²) in [4.78, 5) is 0. The molecule has 102 valence electrons. The summed E-state index contributed by atoms with van der Waals surface area (Å²) >= 11 is 0. The molecule has 0 aliphatic rings. The van der Waals surface area contributed by atoms with Gasteiger partial charge in [-0.2, -0.15) is 0 Å². The lowest BCUT2D eigenvalue weighted by Crippen LogP contribution is -2.26. The third kappa shape index (κ3) is 3.77. The number of nitrogens with one attached hydrogen (secondary N) is 1. The van der Waals surface area contributed by atoms with Crippen LogP contribution in [0.5, 0.6) is 0 Å². The van der Waals surface area contributed by atoms with Crippen molar-refractivity contribution in [2.45, 2.75) is 47.1 Å². The summed E-state index contributed by atoms with van der Waals surface area (Å²) in [6, 6.07) is 3.18. The predicted molar refractivity (Wildman–Crippen MR) is 71.6 cm³/mol. The average Bonchev–Trinajstić information content (AvgIpc) is 2.24. The van der Waals surface area contributed by atoms with Crippen LogP contribution < -0.4 is 5.32 Å². The van der Waals surface area contributed by atoms with Crippen LogP contribution in [0.15, 0.2) is 12.1 Å². The maximum Gasteiger partial charge on any atom is 0.163 e. The highest BCUT2D eigenvalue weighted by Gasteiger charge is 2.23. The van der Waals surface area contributed by atoms with E-state index in [1.54, 1.807) is 19.1 Å². The SMILES string of the molecule is CCNC(CC(C)(C)C)c1ccc(C)c(F)c1F. The Morgan fingerprint density at radius 3 is 2.28 bits per heavy atom. The number of benzene rings is 1. The van der Waals surface area contributed by atoms with E-state index < -0.39 is 11.6 Å². The van der Waals surface area contributed by atoms with Gasteiger partial charge in [0.1, 0.15) is 0 Å². The number of halogens is 2.